The van der Waals surface area contributed by atoms with E-state index in [-0.39, 0.29) is 17.6 Å². The summed E-state index contributed by atoms with van der Waals surface area (Å²) in [6.45, 7) is 4.16. The quantitative estimate of drug-likeness (QED) is 0.628. The number of carbonyl (C=O) groups excluding carboxylic acids is 2. The maximum atomic E-state index is 12.3. The minimum atomic E-state index is -0.128. The van der Waals surface area contributed by atoms with Crippen LogP contribution in [0.25, 0.3) is 5.69 Å². The number of thioether (sulfide) groups is 1. The first-order valence-electron chi connectivity index (χ1n) is 9.20. The highest BCUT2D eigenvalue weighted by Gasteiger charge is 2.11. The van der Waals surface area contributed by atoms with E-state index in [9.17, 15) is 9.59 Å². The van der Waals surface area contributed by atoms with Crippen molar-refractivity contribution in [2.45, 2.75) is 19.0 Å². The zero-order valence-electron chi connectivity index (χ0n) is 17.0. The monoisotopic (exact) mass is 408 g/mol. The van der Waals surface area contributed by atoms with E-state index in [0.717, 1.165) is 10.8 Å². The number of hydrogen-bond acceptors (Lipinski definition) is 4. The Labute approximate surface area is 174 Å². The van der Waals surface area contributed by atoms with Gasteiger partial charge in [0.15, 0.2) is 5.16 Å². The number of benzene rings is 2. The molecule has 1 N–H and O–H groups in total. The Kier molecular flexibility index (Phi) is 6.39. The van der Waals surface area contributed by atoms with Gasteiger partial charge in [0.05, 0.1) is 5.75 Å². The predicted molar refractivity (Wildman–Crippen MR) is 117 cm³/mol. The van der Waals surface area contributed by atoms with E-state index in [1.807, 2.05) is 16.8 Å². The average Bonchev–Trinajstić information content (AvgIpc) is 3.17. The zero-order chi connectivity index (χ0) is 21.0. The fourth-order valence-electron chi connectivity index (χ4n) is 2.75. The fourth-order valence-corrected chi connectivity index (χ4v) is 3.52. The lowest BCUT2D eigenvalue weighted by molar-refractivity contribution is -0.113. The Hall–Kier alpha value is -3.06. The number of nitrogens with zero attached hydrogens (tertiary/aromatic N) is 3. The normalized spacial score (nSPS) is 10.6. The number of aryl methyl sites for hydroxylation is 2. The molecular weight excluding hydrogens is 384 g/mol. The average molecular weight is 409 g/mol. The van der Waals surface area contributed by atoms with Gasteiger partial charge in [0.25, 0.3) is 5.91 Å². The van der Waals surface area contributed by atoms with Gasteiger partial charge in [0.1, 0.15) is 0 Å². The molecule has 0 saturated heterocycles. The highest BCUT2D eigenvalue weighted by atomic mass is 32.2. The van der Waals surface area contributed by atoms with Gasteiger partial charge in [-0.1, -0.05) is 17.8 Å². The molecule has 29 heavy (non-hydrogen) atoms. The van der Waals surface area contributed by atoms with E-state index in [1.165, 1.54) is 27.8 Å². The lowest BCUT2D eigenvalue weighted by Gasteiger charge is -2.11. The summed E-state index contributed by atoms with van der Waals surface area (Å²) < 4.78 is 1.98. The van der Waals surface area contributed by atoms with Crippen molar-refractivity contribution in [3.63, 3.8) is 0 Å². The lowest BCUT2D eigenvalue weighted by Crippen LogP contribution is -2.21. The summed E-state index contributed by atoms with van der Waals surface area (Å²) in [5.74, 6) is 0.0354. The van der Waals surface area contributed by atoms with Crippen LogP contribution < -0.4 is 5.32 Å². The number of nitrogens with one attached hydrogen (secondary N) is 1. The Morgan fingerprint density at radius 3 is 2.45 bits per heavy atom. The van der Waals surface area contributed by atoms with Crippen molar-refractivity contribution in [2.24, 2.45) is 0 Å². The summed E-state index contributed by atoms with van der Waals surface area (Å²) in [4.78, 5) is 30.2. The van der Waals surface area contributed by atoms with Crippen molar-refractivity contribution >= 4 is 29.3 Å². The van der Waals surface area contributed by atoms with Crippen LogP contribution in [-0.4, -0.2) is 46.1 Å². The number of anilines is 1. The van der Waals surface area contributed by atoms with Crippen LogP contribution in [0.1, 0.15) is 21.5 Å². The second-order valence-corrected chi connectivity index (χ2v) is 7.90. The van der Waals surface area contributed by atoms with Gasteiger partial charge in [-0.3, -0.25) is 14.2 Å². The summed E-state index contributed by atoms with van der Waals surface area (Å²) in [7, 11) is 3.41. The highest BCUT2D eigenvalue weighted by Crippen LogP contribution is 2.22. The van der Waals surface area contributed by atoms with Crippen LogP contribution >= 0.6 is 11.8 Å². The van der Waals surface area contributed by atoms with Crippen molar-refractivity contribution in [2.75, 3.05) is 25.2 Å². The van der Waals surface area contributed by atoms with Crippen LogP contribution in [0.3, 0.4) is 0 Å². The van der Waals surface area contributed by atoms with Crippen molar-refractivity contribution in [1.29, 1.82) is 0 Å². The first-order chi connectivity index (χ1) is 13.8. The summed E-state index contributed by atoms with van der Waals surface area (Å²) in [6.07, 6.45) is 3.63. The summed E-state index contributed by atoms with van der Waals surface area (Å²) >= 11 is 1.38. The lowest BCUT2D eigenvalue weighted by atomic mass is 10.1. The van der Waals surface area contributed by atoms with Gasteiger partial charge in [0, 0.05) is 43.4 Å². The van der Waals surface area contributed by atoms with Crippen molar-refractivity contribution in [3.05, 3.63) is 71.5 Å². The summed E-state index contributed by atoms with van der Waals surface area (Å²) in [5.41, 5.74) is 4.71. The summed E-state index contributed by atoms with van der Waals surface area (Å²) in [6, 6.07) is 13.1. The largest absolute Gasteiger partial charge is 0.345 e. The molecule has 0 unspecified atom stereocenters. The number of amides is 2. The van der Waals surface area contributed by atoms with E-state index in [1.54, 1.807) is 44.6 Å². The van der Waals surface area contributed by atoms with E-state index >= 15 is 0 Å². The van der Waals surface area contributed by atoms with Gasteiger partial charge >= 0.3 is 0 Å². The molecule has 0 aliphatic carbocycles. The molecule has 0 fully saturated rings. The smallest absolute Gasteiger partial charge is 0.253 e. The summed E-state index contributed by atoms with van der Waals surface area (Å²) in [5, 5.41) is 3.61. The maximum absolute atomic E-state index is 12.3. The molecule has 0 atom stereocenters. The van der Waals surface area contributed by atoms with Crippen LogP contribution in [-0.2, 0) is 4.79 Å². The second-order valence-electron chi connectivity index (χ2n) is 6.96. The standard InChI is InChI=1S/C22H24N4O2S/c1-15-5-10-19(13-16(15)2)26-12-11-23-22(26)29-14-20(27)24-18-8-6-17(7-9-18)21(28)25(3)4/h5-13H,14H2,1-4H3,(H,24,27). The molecule has 2 amide bonds. The Balaban J connectivity index is 1.61. The van der Waals surface area contributed by atoms with E-state index in [4.69, 9.17) is 0 Å². The van der Waals surface area contributed by atoms with Crippen LogP contribution in [0.4, 0.5) is 5.69 Å². The van der Waals surface area contributed by atoms with Crippen molar-refractivity contribution in [3.8, 4) is 5.69 Å². The third-order valence-electron chi connectivity index (χ3n) is 4.53. The van der Waals surface area contributed by atoms with Crippen LogP contribution in [0.15, 0.2) is 60.0 Å². The molecule has 3 aromatic rings. The van der Waals surface area contributed by atoms with Crippen LogP contribution in [0.5, 0.6) is 0 Å². The van der Waals surface area contributed by atoms with E-state index < -0.39 is 0 Å². The van der Waals surface area contributed by atoms with Gasteiger partial charge in [-0.25, -0.2) is 4.98 Å². The molecule has 1 aromatic heterocycles. The van der Waals surface area contributed by atoms with Crippen LogP contribution in [0, 0.1) is 13.8 Å². The predicted octanol–water partition coefficient (Wildman–Crippen LogP) is 3.92. The number of hydrogen-bond donors (Lipinski definition) is 1. The maximum Gasteiger partial charge on any atom is 0.253 e. The molecule has 3 rings (SSSR count). The van der Waals surface area contributed by atoms with Gasteiger partial charge in [0.2, 0.25) is 5.91 Å². The first kappa shape index (κ1) is 20.7. The third-order valence-corrected chi connectivity index (χ3v) is 5.50. The van der Waals surface area contributed by atoms with Crippen LogP contribution in [0.2, 0.25) is 0 Å². The van der Waals surface area contributed by atoms with E-state index in [2.05, 4.69) is 36.3 Å². The molecule has 0 aliphatic rings. The third kappa shape index (κ3) is 5.06. The molecule has 2 aromatic carbocycles. The van der Waals surface area contributed by atoms with Gasteiger partial charge < -0.3 is 10.2 Å². The van der Waals surface area contributed by atoms with Gasteiger partial charge in [-0.2, -0.15) is 0 Å². The zero-order valence-corrected chi connectivity index (χ0v) is 17.8. The van der Waals surface area contributed by atoms with Crippen molar-refractivity contribution < 1.29 is 9.59 Å². The molecule has 0 bridgehead atoms. The molecule has 0 spiro atoms. The Bertz CT molecular complexity index is 1030. The number of imidazole rings is 1. The Morgan fingerprint density at radius 2 is 1.79 bits per heavy atom. The molecule has 0 saturated carbocycles. The fraction of sp³-hybridized carbons (Fsp3) is 0.227. The molecule has 1 heterocycles. The molecule has 0 aliphatic heterocycles. The number of carbonyl (C=O) groups is 2. The van der Waals surface area contributed by atoms with E-state index in [0.29, 0.717) is 11.3 Å². The number of rotatable bonds is 6. The highest BCUT2D eigenvalue weighted by molar-refractivity contribution is 7.99. The number of aromatic nitrogens is 2. The second kappa shape index (κ2) is 8.96. The molecular formula is C22H24N4O2S. The van der Waals surface area contributed by atoms with Crippen molar-refractivity contribution in [1.82, 2.24) is 14.5 Å². The van der Waals surface area contributed by atoms with Gasteiger partial charge in [-0.15, -0.1) is 0 Å². The minimum Gasteiger partial charge on any atom is -0.345 e. The molecule has 7 heteroatoms. The first-order valence-corrected chi connectivity index (χ1v) is 10.2. The topological polar surface area (TPSA) is 67.2 Å². The Morgan fingerprint density at radius 1 is 1.07 bits per heavy atom. The molecule has 150 valence electrons. The molecule has 6 nitrogen and oxygen atoms in total. The minimum absolute atomic E-state index is 0.0726. The molecule has 0 radical (unpaired) electrons. The van der Waals surface area contributed by atoms with Gasteiger partial charge in [-0.05, 0) is 61.4 Å². The SMILES string of the molecule is Cc1ccc(-n2ccnc2SCC(=O)Nc2ccc(C(=O)N(C)C)cc2)cc1C.